The van der Waals surface area contributed by atoms with Crippen LogP contribution in [0.25, 0.3) is 0 Å². The molecule has 2 aliphatic heterocycles. The summed E-state index contributed by atoms with van der Waals surface area (Å²) in [6.07, 6.45) is 4.33. The maximum Gasteiger partial charge on any atom is 0.243 e. The molecule has 1 fully saturated rings. The Morgan fingerprint density at radius 1 is 1.34 bits per heavy atom. The van der Waals surface area contributed by atoms with Gasteiger partial charge in [-0.15, -0.1) is 24.0 Å². The number of likely N-dealkylation sites (tertiary alicyclic amines) is 1. The first-order valence-electron chi connectivity index (χ1n) is 10.4. The van der Waals surface area contributed by atoms with Crippen molar-refractivity contribution in [1.82, 2.24) is 35.2 Å². The molecule has 10 heteroatoms. The van der Waals surface area contributed by atoms with Gasteiger partial charge in [-0.3, -0.25) is 9.69 Å². The number of nitrogens with zero attached hydrogens (tertiary/aromatic N) is 6. The first kappa shape index (κ1) is 23.8. The number of carbonyl (C=O) groups is 1. The number of rotatable bonds is 6. The molecule has 0 radical (unpaired) electrons. The number of hydrogen-bond donors (Lipinski definition) is 2. The number of nitrogens with one attached hydrogen (secondary N) is 2. The Labute approximate surface area is 190 Å². The van der Waals surface area contributed by atoms with E-state index >= 15 is 0 Å². The quantitative estimate of drug-likeness (QED) is 0.326. The molecule has 3 rings (SSSR count). The van der Waals surface area contributed by atoms with Crippen LogP contribution in [0.15, 0.2) is 4.99 Å². The second-order valence-corrected chi connectivity index (χ2v) is 7.90. The number of hydrogen-bond acceptors (Lipinski definition) is 5. The third kappa shape index (κ3) is 6.53. The standard InChI is InChI=1S/C19H34N8O.HI/c1-5-26-10-6-7-16(26)11-20-19(21-12-18(28)25(3)4)23-15-8-9-17-22-14(2)24-27(17)13-15;/h15-16H,5-13H2,1-4H3,(H2,20,21,23);1H. The number of aromatic nitrogens is 3. The van der Waals surface area contributed by atoms with Crippen LogP contribution in [-0.2, 0) is 17.8 Å². The summed E-state index contributed by atoms with van der Waals surface area (Å²) in [6.45, 7) is 8.13. The number of aryl methyl sites for hydroxylation is 2. The molecule has 2 atom stereocenters. The molecule has 1 amide bonds. The van der Waals surface area contributed by atoms with Crippen molar-refractivity contribution < 1.29 is 4.79 Å². The fraction of sp³-hybridized carbons (Fsp3) is 0.789. The Morgan fingerprint density at radius 2 is 2.14 bits per heavy atom. The Hall–Kier alpha value is -1.43. The Kier molecular flexibility index (Phi) is 9.12. The van der Waals surface area contributed by atoms with Gasteiger partial charge in [-0.1, -0.05) is 6.92 Å². The minimum atomic E-state index is -0.00465. The van der Waals surface area contributed by atoms with Gasteiger partial charge in [0.25, 0.3) is 0 Å². The van der Waals surface area contributed by atoms with E-state index in [0.717, 1.165) is 44.1 Å². The van der Waals surface area contributed by atoms with Gasteiger partial charge in [0, 0.05) is 39.1 Å². The Bertz CT molecular complexity index is 704. The van der Waals surface area contributed by atoms with Crippen LogP contribution in [0.3, 0.4) is 0 Å². The van der Waals surface area contributed by atoms with Crippen molar-refractivity contribution in [1.29, 1.82) is 0 Å². The molecule has 1 aromatic rings. The molecule has 2 N–H and O–H groups in total. The predicted molar refractivity (Wildman–Crippen MR) is 125 cm³/mol. The average molecular weight is 518 g/mol. The summed E-state index contributed by atoms with van der Waals surface area (Å²) in [4.78, 5) is 25.1. The average Bonchev–Trinajstić information content (AvgIpc) is 3.27. The van der Waals surface area contributed by atoms with E-state index in [1.807, 2.05) is 11.6 Å². The zero-order valence-electron chi connectivity index (χ0n) is 18.0. The molecule has 9 nitrogen and oxygen atoms in total. The molecular formula is C19H35IN8O. The minimum absolute atomic E-state index is 0. The predicted octanol–water partition coefficient (Wildman–Crippen LogP) is 0.627. The number of aliphatic imine (C=N–C) groups is 1. The Morgan fingerprint density at radius 3 is 2.86 bits per heavy atom. The first-order valence-corrected chi connectivity index (χ1v) is 10.4. The fourth-order valence-electron chi connectivity index (χ4n) is 3.94. The van der Waals surface area contributed by atoms with E-state index in [1.165, 1.54) is 19.4 Å². The highest BCUT2D eigenvalue weighted by atomic mass is 127. The molecule has 0 aromatic carbocycles. The third-order valence-electron chi connectivity index (χ3n) is 5.59. The molecule has 1 aromatic heterocycles. The lowest BCUT2D eigenvalue weighted by Gasteiger charge is -2.28. The van der Waals surface area contributed by atoms with Crippen LogP contribution in [-0.4, -0.2) is 88.8 Å². The van der Waals surface area contributed by atoms with E-state index in [1.54, 1.807) is 19.0 Å². The van der Waals surface area contributed by atoms with Gasteiger partial charge in [0.05, 0.1) is 6.54 Å². The number of likely N-dealkylation sites (N-methyl/N-ethyl adjacent to an activating group) is 2. The van der Waals surface area contributed by atoms with Gasteiger partial charge in [-0.05, 0) is 39.3 Å². The van der Waals surface area contributed by atoms with Crippen LogP contribution in [0.2, 0.25) is 0 Å². The number of carbonyl (C=O) groups excluding carboxylic acids is 1. The van der Waals surface area contributed by atoms with Crippen molar-refractivity contribution in [2.75, 3.05) is 40.3 Å². The van der Waals surface area contributed by atoms with Crippen molar-refractivity contribution >= 4 is 35.8 Å². The SMILES string of the molecule is CCN1CCCC1CNC(=NCC(=O)N(C)C)NC1CCc2nc(C)nn2C1.I. The lowest BCUT2D eigenvalue weighted by Crippen LogP contribution is -2.50. The number of halogens is 1. The largest absolute Gasteiger partial charge is 0.355 e. The number of guanidine groups is 1. The van der Waals surface area contributed by atoms with Crippen LogP contribution >= 0.6 is 24.0 Å². The molecule has 2 aliphatic rings. The summed E-state index contributed by atoms with van der Waals surface area (Å²) >= 11 is 0. The van der Waals surface area contributed by atoms with Crippen molar-refractivity contribution in [3.8, 4) is 0 Å². The monoisotopic (exact) mass is 518 g/mol. The third-order valence-corrected chi connectivity index (χ3v) is 5.59. The van der Waals surface area contributed by atoms with Crippen molar-refractivity contribution in [3.63, 3.8) is 0 Å². The van der Waals surface area contributed by atoms with E-state index in [9.17, 15) is 4.79 Å². The molecular weight excluding hydrogens is 483 g/mol. The zero-order valence-corrected chi connectivity index (χ0v) is 20.3. The van der Waals surface area contributed by atoms with Gasteiger partial charge >= 0.3 is 0 Å². The Balaban J connectivity index is 0.00000300. The van der Waals surface area contributed by atoms with E-state index in [2.05, 4.69) is 37.5 Å². The van der Waals surface area contributed by atoms with Crippen molar-refractivity contribution in [2.24, 2.45) is 4.99 Å². The van der Waals surface area contributed by atoms with E-state index in [4.69, 9.17) is 0 Å². The molecule has 3 heterocycles. The van der Waals surface area contributed by atoms with Gasteiger partial charge in [0.15, 0.2) is 5.96 Å². The first-order chi connectivity index (χ1) is 13.5. The number of amides is 1. The molecule has 0 aliphatic carbocycles. The summed E-state index contributed by atoms with van der Waals surface area (Å²) < 4.78 is 1.98. The topological polar surface area (TPSA) is 90.7 Å². The van der Waals surface area contributed by atoms with E-state index in [-0.39, 0.29) is 42.5 Å². The highest BCUT2D eigenvalue weighted by molar-refractivity contribution is 14.0. The summed E-state index contributed by atoms with van der Waals surface area (Å²) in [5, 5.41) is 11.5. The van der Waals surface area contributed by atoms with Gasteiger partial charge < -0.3 is 15.5 Å². The van der Waals surface area contributed by atoms with Crippen molar-refractivity contribution in [2.45, 2.75) is 58.2 Å². The fourth-order valence-corrected chi connectivity index (χ4v) is 3.94. The lowest BCUT2D eigenvalue weighted by atomic mass is 10.1. The maximum absolute atomic E-state index is 12.0. The minimum Gasteiger partial charge on any atom is -0.355 e. The molecule has 29 heavy (non-hydrogen) atoms. The highest BCUT2D eigenvalue weighted by Crippen LogP contribution is 2.16. The maximum atomic E-state index is 12.0. The van der Waals surface area contributed by atoms with Crippen LogP contribution in [0.5, 0.6) is 0 Å². The normalized spacial score (nSPS) is 22.0. The van der Waals surface area contributed by atoms with Gasteiger partial charge in [-0.2, -0.15) is 5.10 Å². The summed E-state index contributed by atoms with van der Waals surface area (Å²) in [5.41, 5.74) is 0. The van der Waals surface area contributed by atoms with Crippen LogP contribution in [0.1, 0.15) is 37.8 Å². The smallest absolute Gasteiger partial charge is 0.243 e. The summed E-state index contributed by atoms with van der Waals surface area (Å²) in [6, 6.07) is 0.748. The number of fused-ring (bicyclic) bond motifs is 1. The molecule has 0 saturated carbocycles. The van der Waals surface area contributed by atoms with Crippen LogP contribution in [0, 0.1) is 6.92 Å². The van der Waals surface area contributed by atoms with Crippen molar-refractivity contribution in [3.05, 3.63) is 11.6 Å². The van der Waals surface area contributed by atoms with Crippen LogP contribution in [0.4, 0.5) is 0 Å². The second kappa shape index (κ2) is 11.1. The van der Waals surface area contributed by atoms with Gasteiger partial charge in [0.2, 0.25) is 5.91 Å². The molecule has 1 saturated heterocycles. The van der Waals surface area contributed by atoms with E-state index in [0.29, 0.717) is 12.0 Å². The van der Waals surface area contributed by atoms with E-state index < -0.39 is 0 Å². The van der Waals surface area contributed by atoms with Gasteiger partial charge in [0.1, 0.15) is 18.2 Å². The van der Waals surface area contributed by atoms with Gasteiger partial charge in [-0.25, -0.2) is 14.7 Å². The molecule has 2 unspecified atom stereocenters. The second-order valence-electron chi connectivity index (χ2n) is 7.90. The molecule has 0 spiro atoms. The van der Waals surface area contributed by atoms with Crippen LogP contribution < -0.4 is 10.6 Å². The summed E-state index contributed by atoms with van der Waals surface area (Å²) in [5.74, 6) is 2.58. The lowest BCUT2D eigenvalue weighted by molar-refractivity contribution is -0.127. The zero-order chi connectivity index (χ0) is 20.1. The highest BCUT2D eigenvalue weighted by Gasteiger charge is 2.25. The summed E-state index contributed by atoms with van der Waals surface area (Å²) in [7, 11) is 3.51. The molecule has 164 valence electrons. The molecule has 0 bridgehead atoms.